The van der Waals surface area contributed by atoms with Crippen molar-refractivity contribution in [1.29, 1.82) is 5.26 Å². The van der Waals surface area contributed by atoms with Gasteiger partial charge in [-0.05, 0) is 130 Å². The lowest BCUT2D eigenvalue weighted by Crippen LogP contribution is -2.35. The van der Waals surface area contributed by atoms with E-state index < -0.39 is 11.6 Å². The normalized spacial score (nSPS) is 21.3. The van der Waals surface area contributed by atoms with Gasteiger partial charge in [-0.15, -0.1) is 45.3 Å². The molecule has 4 aromatic heterocycles. The first-order chi connectivity index (χ1) is 23.7. The lowest BCUT2D eigenvalue weighted by Gasteiger charge is -2.33. The van der Waals surface area contributed by atoms with Crippen LogP contribution in [0.25, 0.3) is 45.4 Å². The van der Waals surface area contributed by atoms with Crippen molar-refractivity contribution in [2.75, 3.05) is 4.90 Å². The molecule has 8 heteroatoms. The summed E-state index contributed by atoms with van der Waals surface area (Å²) in [6.07, 6.45) is 5.76. The average molecular weight is 715 g/mol. The van der Waals surface area contributed by atoms with Gasteiger partial charge in [0.1, 0.15) is 17.2 Å². The van der Waals surface area contributed by atoms with E-state index in [1.807, 2.05) is 28.7 Å². The zero-order valence-electron chi connectivity index (χ0n) is 27.4. The molecule has 2 aromatic carbocycles. The van der Waals surface area contributed by atoms with E-state index in [0.717, 1.165) is 26.1 Å². The third-order valence-electron chi connectivity index (χ3n) is 10.1. The first kappa shape index (κ1) is 31.0. The number of ether oxygens (including phenoxy) is 1. The summed E-state index contributed by atoms with van der Waals surface area (Å²) in [6, 6.07) is 34.2. The van der Waals surface area contributed by atoms with E-state index >= 15 is 0 Å². The number of carbonyl (C=O) groups is 1. The maximum atomic E-state index is 12.5. The Hall–Kier alpha value is -4.00. The Morgan fingerprint density at radius 2 is 1.51 bits per heavy atom. The Kier molecular flexibility index (Phi) is 7.47. The monoisotopic (exact) mass is 714 g/mol. The number of para-hydroxylation sites is 1. The highest BCUT2D eigenvalue weighted by Crippen LogP contribution is 2.62. The van der Waals surface area contributed by atoms with Gasteiger partial charge >= 0.3 is 5.97 Å². The second-order valence-corrected chi connectivity index (χ2v) is 18.7. The zero-order valence-corrected chi connectivity index (χ0v) is 30.7. The van der Waals surface area contributed by atoms with Gasteiger partial charge in [-0.1, -0.05) is 24.3 Å². The molecule has 244 valence electrons. The number of anilines is 2. The smallest absolute Gasteiger partial charge is 0.349 e. The average Bonchev–Trinajstić information content (AvgIpc) is 3.93. The number of hydrogen-bond acceptors (Lipinski definition) is 8. The first-order valence-corrected chi connectivity index (χ1v) is 20.1. The number of carbonyl (C=O) groups excluding carboxylic acids is 1. The molecule has 2 fully saturated rings. The van der Waals surface area contributed by atoms with E-state index in [2.05, 4.69) is 89.8 Å². The molecule has 49 heavy (non-hydrogen) atoms. The minimum Gasteiger partial charge on any atom is -0.456 e. The van der Waals surface area contributed by atoms with Gasteiger partial charge in [0.05, 0.1) is 0 Å². The van der Waals surface area contributed by atoms with E-state index in [1.54, 1.807) is 55.1 Å². The maximum Gasteiger partial charge on any atom is 0.349 e. The van der Waals surface area contributed by atoms with Gasteiger partial charge in [0.25, 0.3) is 0 Å². The highest BCUT2D eigenvalue weighted by molar-refractivity contribution is 7.32. The number of fused-ring (bicyclic) bond motifs is 8. The maximum absolute atomic E-state index is 12.5. The predicted octanol–water partition coefficient (Wildman–Crippen LogP) is 12.4. The molecule has 2 saturated carbocycles. The van der Waals surface area contributed by atoms with Gasteiger partial charge in [0.15, 0.2) is 0 Å². The minimum atomic E-state index is -0.645. The number of nitrogens with zero attached hydrogens (tertiary/aromatic N) is 2. The Morgan fingerprint density at radius 3 is 2.24 bits per heavy atom. The zero-order chi connectivity index (χ0) is 33.4. The predicted molar refractivity (Wildman–Crippen MR) is 207 cm³/mol. The topological polar surface area (TPSA) is 53.3 Å². The summed E-state index contributed by atoms with van der Waals surface area (Å²) < 4.78 is 7.71. The van der Waals surface area contributed by atoms with Crippen molar-refractivity contribution in [3.05, 3.63) is 101 Å². The Bertz CT molecular complexity index is 2280. The van der Waals surface area contributed by atoms with E-state index in [9.17, 15) is 10.1 Å². The third-order valence-corrected chi connectivity index (χ3v) is 14.9. The summed E-state index contributed by atoms with van der Waals surface area (Å²) in [6.45, 7) is 5.40. The quantitative estimate of drug-likeness (QED) is 0.0979. The van der Waals surface area contributed by atoms with Crippen LogP contribution in [0.4, 0.5) is 11.4 Å². The van der Waals surface area contributed by atoms with Crippen molar-refractivity contribution >= 4 is 78.2 Å². The Morgan fingerprint density at radius 1 is 0.816 bits per heavy atom. The molecule has 5 heterocycles. The van der Waals surface area contributed by atoms with Crippen LogP contribution < -0.4 is 4.90 Å². The second-order valence-electron chi connectivity index (χ2n) is 14.3. The molecule has 9 rings (SSSR count). The molecule has 0 saturated heterocycles. The molecule has 2 aliphatic carbocycles. The van der Waals surface area contributed by atoms with E-state index in [1.165, 1.54) is 60.6 Å². The summed E-state index contributed by atoms with van der Waals surface area (Å²) in [5.41, 5.74) is 5.00. The van der Waals surface area contributed by atoms with Crippen molar-refractivity contribution in [3.8, 4) is 36.0 Å². The fourth-order valence-electron chi connectivity index (χ4n) is 8.21. The van der Waals surface area contributed by atoms with Crippen molar-refractivity contribution in [2.45, 2.75) is 57.6 Å². The van der Waals surface area contributed by atoms with E-state index in [0.29, 0.717) is 12.0 Å². The van der Waals surface area contributed by atoms with Crippen LogP contribution in [-0.4, -0.2) is 17.6 Å². The molecule has 6 aromatic rings. The van der Waals surface area contributed by atoms with Gasteiger partial charge < -0.3 is 9.64 Å². The third kappa shape index (κ3) is 5.48. The van der Waals surface area contributed by atoms with Crippen molar-refractivity contribution < 1.29 is 9.53 Å². The van der Waals surface area contributed by atoms with Gasteiger partial charge in [-0.2, -0.15) is 5.26 Å². The molecule has 0 spiro atoms. The molecule has 1 aliphatic heterocycles. The standard InChI is InChI=1S/C41H34N2O2S4/c1-41(2,3)45-40(44)26(22-42)18-28-20-35-37(46-28)21-36(49-35)34-16-15-33(48-34)32-14-13-31(47-32)23-11-12-30-29(19-23)38-24-9-10-25(17-24)39(38)43(30)27-7-5-4-6-8-27/h4-8,11-16,18-21,24-25,38-39H,9-10,17H2,1-3H3/b26-18+. The lowest BCUT2D eigenvalue weighted by atomic mass is 9.82. The highest BCUT2D eigenvalue weighted by Gasteiger charge is 2.55. The fraction of sp³-hybridized carbons (Fsp3) is 0.268. The van der Waals surface area contributed by atoms with Crippen LogP contribution >= 0.6 is 45.3 Å². The van der Waals surface area contributed by atoms with Gasteiger partial charge in [-0.25, -0.2) is 4.79 Å². The van der Waals surface area contributed by atoms with Crippen molar-refractivity contribution in [2.24, 2.45) is 11.8 Å². The molecule has 3 aliphatic rings. The van der Waals surface area contributed by atoms with Gasteiger partial charge in [0.2, 0.25) is 0 Å². The molecule has 4 nitrogen and oxygen atoms in total. The summed E-state index contributed by atoms with van der Waals surface area (Å²) in [5.74, 6) is 1.66. The number of hydrogen-bond donors (Lipinski definition) is 0. The van der Waals surface area contributed by atoms with Crippen LogP contribution in [0, 0.1) is 23.2 Å². The van der Waals surface area contributed by atoms with Crippen LogP contribution in [-0.2, 0) is 9.53 Å². The summed E-state index contributed by atoms with van der Waals surface area (Å²) in [5, 5.41) is 9.56. The number of rotatable bonds is 6. The molecule has 4 unspecified atom stereocenters. The van der Waals surface area contributed by atoms with Crippen LogP contribution in [0.15, 0.2) is 90.5 Å². The minimum absolute atomic E-state index is 0.0195. The molecule has 4 atom stereocenters. The largest absolute Gasteiger partial charge is 0.456 e. The summed E-state index contributed by atoms with van der Waals surface area (Å²) >= 11 is 7.06. The van der Waals surface area contributed by atoms with E-state index in [-0.39, 0.29) is 5.57 Å². The van der Waals surface area contributed by atoms with Gasteiger partial charge in [0, 0.05) is 62.0 Å². The highest BCUT2D eigenvalue weighted by atomic mass is 32.1. The molecule has 0 amide bonds. The number of esters is 1. The van der Waals surface area contributed by atoms with Crippen molar-refractivity contribution in [1.82, 2.24) is 0 Å². The second kappa shape index (κ2) is 11.8. The summed E-state index contributed by atoms with van der Waals surface area (Å²) in [7, 11) is 0. The molecule has 0 N–H and O–H groups in total. The Balaban J connectivity index is 0.959. The number of nitriles is 1. The first-order valence-electron chi connectivity index (χ1n) is 16.8. The molecular formula is C41H34N2O2S4. The molecular weight excluding hydrogens is 681 g/mol. The SMILES string of the molecule is CC(C)(C)OC(=O)/C(C#N)=C/c1cc2sc(-c3ccc(-c4ccc(-c5ccc6c(c5)C5C7CCC(C7)C5N6c5ccccc5)s4)s3)cc2s1. The van der Waals surface area contributed by atoms with Crippen LogP contribution in [0.5, 0.6) is 0 Å². The van der Waals surface area contributed by atoms with Crippen LogP contribution in [0.2, 0.25) is 0 Å². The number of benzene rings is 2. The number of thiophene rings is 4. The Labute approximate surface area is 302 Å². The van der Waals surface area contributed by atoms with Crippen LogP contribution in [0.3, 0.4) is 0 Å². The van der Waals surface area contributed by atoms with Gasteiger partial charge in [-0.3, -0.25) is 0 Å². The van der Waals surface area contributed by atoms with Crippen molar-refractivity contribution in [3.63, 3.8) is 0 Å². The molecule has 2 bridgehead atoms. The lowest BCUT2D eigenvalue weighted by molar-refractivity contribution is -0.149. The fourth-order valence-corrected chi connectivity index (χ4v) is 12.7. The molecule has 0 radical (unpaired) electrons. The van der Waals surface area contributed by atoms with Crippen LogP contribution in [0.1, 0.15) is 56.4 Å². The van der Waals surface area contributed by atoms with E-state index in [4.69, 9.17) is 4.74 Å². The summed E-state index contributed by atoms with van der Waals surface area (Å²) in [4.78, 5) is 22.4.